The first-order valence-electron chi connectivity index (χ1n) is 7.52. The Morgan fingerprint density at radius 3 is 2.58 bits per heavy atom. The second-order valence-corrected chi connectivity index (χ2v) is 6.94. The van der Waals surface area contributed by atoms with E-state index in [1.165, 1.54) is 11.3 Å². The van der Waals surface area contributed by atoms with Crippen molar-refractivity contribution in [3.63, 3.8) is 0 Å². The first kappa shape index (κ1) is 15.2. The minimum atomic E-state index is 0.00117. The van der Waals surface area contributed by atoms with Gasteiger partial charge in [0.05, 0.1) is 4.53 Å². The molecule has 1 aromatic heterocycles. The van der Waals surface area contributed by atoms with Crippen LogP contribution in [0.5, 0.6) is 0 Å². The van der Waals surface area contributed by atoms with Gasteiger partial charge in [0, 0.05) is 10.7 Å². The fraction of sp³-hybridized carbons (Fsp3) is 0.111. The molecule has 0 unspecified atom stereocenters. The first-order valence-corrected chi connectivity index (χ1v) is 8.71. The van der Waals surface area contributed by atoms with Crippen LogP contribution in [0.3, 0.4) is 0 Å². The Hall–Kier alpha value is -2.37. The minimum Gasteiger partial charge on any atom is -0.334 e. The van der Waals surface area contributed by atoms with Crippen molar-refractivity contribution in [2.45, 2.75) is 6.67 Å². The summed E-state index contributed by atoms with van der Waals surface area (Å²) >= 11 is 7.37. The monoisotopic (exact) mass is 355 g/mol. The fourth-order valence-electron chi connectivity index (χ4n) is 2.63. The van der Waals surface area contributed by atoms with Crippen molar-refractivity contribution in [2.24, 2.45) is 4.99 Å². The molecule has 0 N–H and O–H groups in total. The van der Waals surface area contributed by atoms with Gasteiger partial charge in [-0.25, -0.2) is 4.99 Å². The van der Waals surface area contributed by atoms with Gasteiger partial charge in [0.1, 0.15) is 13.3 Å². The number of hydrogen-bond acceptors (Lipinski definition) is 4. The van der Waals surface area contributed by atoms with E-state index in [1.807, 2.05) is 65.6 Å². The van der Waals surface area contributed by atoms with Crippen LogP contribution in [0.4, 0.5) is 5.69 Å². The molecule has 6 heteroatoms. The normalized spacial score (nSPS) is 14.4. The van der Waals surface area contributed by atoms with Crippen LogP contribution in [0.1, 0.15) is 5.56 Å². The second-order valence-electron chi connectivity index (χ2n) is 5.49. The molecular formula is C18H14ClN3OS. The van der Waals surface area contributed by atoms with Gasteiger partial charge in [0.2, 0.25) is 0 Å². The average Bonchev–Trinajstić information content (AvgIpc) is 2.92. The average molecular weight is 356 g/mol. The van der Waals surface area contributed by atoms with Crippen molar-refractivity contribution in [3.05, 3.63) is 84.9 Å². The van der Waals surface area contributed by atoms with E-state index in [0.29, 0.717) is 22.9 Å². The van der Waals surface area contributed by atoms with Gasteiger partial charge in [0.15, 0.2) is 4.80 Å². The zero-order valence-electron chi connectivity index (χ0n) is 12.7. The molecule has 4 rings (SSSR count). The smallest absolute Gasteiger partial charge is 0.271 e. The molecule has 4 nitrogen and oxygen atoms in total. The maximum Gasteiger partial charge on any atom is 0.271 e. The molecule has 0 spiro atoms. The Bertz CT molecular complexity index is 1040. The van der Waals surface area contributed by atoms with Gasteiger partial charge in [-0.05, 0) is 35.9 Å². The van der Waals surface area contributed by atoms with E-state index in [2.05, 4.69) is 4.99 Å². The van der Waals surface area contributed by atoms with Crippen LogP contribution in [-0.4, -0.2) is 11.2 Å². The Morgan fingerprint density at radius 1 is 1.08 bits per heavy atom. The number of halogens is 1. The van der Waals surface area contributed by atoms with Crippen LogP contribution in [0.2, 0.25) is 5.02 Å². The van der Waals surface area contributed by atoms with Crippen LogP contribution in [0, 0.1) is 0 Å². The second kappa shape index (κ2) is 6.26. The Labute approximate surface area is 147 Å². The van der Waals surface area contributed by atoms with Crippen molar-refractivity contribution in [2.75, 3.05) is 11.6 Å². The molecule has 0 atom stereocenters. The lowest BCUT2D eigenvalue weighted by atomic mass is 10.2. The summed E-state index contributed by atoms with van der Waals surface area (Å²) in [7, 11) is 0. The lowest BCUT2D eigenvalue weighted by Crippen LogP contribution is -2.42. The summed E-state index contributed by atoms with van der Waals surface area (Å²) in [5.41, 5.74) is 2.02. The number of anilines is 1. The van der Waals surface area contributed by atoms with Crippen molar-refractivity contribution in [3.8, 4) is 0 Å². The third-order valence-corrected chi connectivity index (χ3v) is 5.16. The standard InChI is InChI=1S/C18H14ClN3OS/c19-14-6-8-15(9-7-14)21-11-20-18-22(12-21)17(23)16(24-18)10-13-4-2-1-3-5-13/h1-10H,11-12H2/b16-10-. The van der Waals surface area contributed by atoms with E-state index >= 15 is 0 Å². The first-order chi connectivity index (χ1) is 11.7. The molecule has 24 heavy (non-hydrogen) atoms. The Balaban J connectivity index is 1.71. The zero-order valence-corrected chi connectivity index (χ0v) is 14.3. The molecule has 0 radical (unpaired) electrons. The van der Waals surface area contributed by atoms with Crippen LogP contribution < -0.4 is 19.8 Å². The van der Waals surface area contributed by atoms with Gasteiger partial charge in [-0.2, -0.15) is 0 Å². The van der Waals surface area contributed by atoms with Crippen LogP contribution >= 0.6 is 22.9 Å². The quantitative estimate of drug-likeness (QED) is 0.708. The summed E-state index contributed by atoms with van der Waals surface area (Å²) < 4.78 is 2.43. The lowest BCUT2D eigenvalue weighted by Gasteiger charge is -2.25. The van der Waals surface area contributed by atoms with Crippen molar-refractivity contribution in [1.29, 1.82) is 0 Å². The van der Waals surface area contributed by atoms with Gasteiger partial charge in [0.25, 0.3) is 5.56 Å². The number of benzene rings is 2. The van der Waals surface area contributed by atoms with E-state index in [4.69, 9.17) is 11.6 Å². The van der Waals surface area contributed by atoms with Gasteiger partial charge in [-0.15, -0.1) is 0 Å². The van der Waals surface area contributed by atoms with Crippen molar-refractivity contribution in [1.82, 2.24) is 4.57 Å². The Kier molecular flexibility index (Phi) is 3.96. The predicted molar refractivity (Wildman–Crippen MR) is 98.2 cm³/mol. The summed E-state index contributed by atoms with van der Waals surface area (Å²) in [6.45, 7) is 1.03. The zero-order chi connectivity index (χ0) is 16.5. The molecule has 0 aliphatic carbocycles. The molecule has 0 fully saturated rings. The highest BCUT2D eigenvalue weighted by Crippen LogP contribution is 2.18. The number of nitrogens with zero attached hydrogens (tertiary/aromatic N) is 3. The third-order valence-electron chi connectivity index (χ3n) is 3.87. The molecule has 2 heterocycles. The topological polar surface area (TPSA) is 37.6 Å². The highest BCUT2D eigenvalue weighted by molar-refractivity contribution is 7.07. The molecule has 1 aliphatic rings. The SMILES string of the molecule is O=c1/c(=C/c2ccccc2)sc2n1CN(c1ccc(Cl)cc1)CN=2. The van der Waals surface area contributed by atoms with Gasteiger partial charge in [-0.3, -0.25) is 9.36 Å². The highest BCUT2D eigenvalue weighted by Gasteiger charge is 2.15. The number of hydrogen-bond donors (Lipinski definition) is 0. The molecule has 0 bridgehead atoms. The van der Waals surface area contributed by atoms with E-state index in [0.717, 1.165) is 16.1 Å². The minimum absolute atomic E-state index is 0.00117. The largest absolute Gasteiger partial charge is 0.334 e. The van der Waals surface area contributed by atoms with E-state index in [-0.39, 0.29) is 5.56 Å². The van der Waals surface area contributed by atoms with Gasteiger partial charge < -0.3 is 4.90 Å². The summed E-state index contributed by atoms with van der Waals surface area (Å²) in [4.78, 5) is 20.1. The van der Waals surface area contributed by atoms with E-state index in [1.54, 1.807) is 4.57 Å². The van der Waals surface area contributed by atoms with Gasteiger partial charge in [-0.1, -0.05) is 53.3 Å². The summed E-state index contributed by atoms with van der Waals surface area (Å²) in [6.07, 6.45) is 1.92. The molecule has 120 valence electrons. The van der Waals surface area contributed by atoms with E-state index < -0.39 is 0 Å². The molecule has 3 aromatic rings. The lowest BCUT2D eigenvalue weighted by molar-refractivity contribution is 0.569. The molecule has 0 saturated heterocycles. The maximum atomic E-state index is 12.7. The highest BCUT2D eigenvalue weighted by atomic mass is 35.5. The summed E-state index contributed by atoms with van der Waals surface area (Å²) in [5, 5.41) is 0.695. The summed E-state index contributed by atoms with van der Waals surface area (Å²) in [5.74, 6) is 0. The van der Waals surface area contributed by atoms with Crippen LogP contribution in [0.25, 0.3) is 6.08 Å². The van der Waals surface area contributed by atoms with E-state index in [9.17, 15) is 4.79 Å². The number of aromatic nitrogens is 1. The maximum absolute atomic E-state index is 12.7. The predicted octanol–water partition coefficient (Wildman–Crippen LogP) is 2.45. The van der Waals surface area contributed by atoms with Crippen molar-refractivity contribution < 1.29 is 0 Å². The molecule has 2 aromatic carbocycles. The van der Waals surface area contributed by atoms with Crippen molar-refractivity contribution >= 4 is 34.7 Å². The third kappa shape index (κ3) is 2.88. The fourth-order valence-corrected chi connectivity index (χ4v) is 3.72. The molecule has 0 saturated carbocycles. The number of thiazole rings is 1. The van der Waals surface area contributed by atoms with Gasteiger partial charge >= 0.3 is 0 Å². The molecular weight excluding hydrogens is 342 g/mol. The van der Waals surface area contributed by atoms with Crippen LogP contribution in [-0.2, 0) is 6.67 Å². The van der Waals surface area contributed by atoms with Crippen LogP contribution in [0.15, 0.2) is 64.4 Å². The Morgan fingerprint density at radius 2 is 1.83 bits per heavy atom. The molecule has 1 aliphatic heterocycles. The number of rotatable bonds is 2. The summed E-state index contributed by atoms with van der Waals surface area (Å²) in [6, 6.07) is 17.4. The number of fused-ring (bicyclic) bond motifs is 1. The molecule has 0 amide bonds.